The summed E-state index contributed by atoms with van der Waals surface area (Å²) in [5, 5.41) is 12.6. The molecule has 2 amide bonds. The predicted molar refractivity (Wildman–Crippen MR) is 173 cm³/mol. The first-order chi connectivity index (χ1) is 20.8. The van der Waals surface area contributed by atoms with Crippen LogP contribution < -0.4 is 5.32 Å². The molecule has 2 aromatic rings. The van der Waals surface area contributed by atoms with E-state index in [0.29, 0.717) is 17.0 Å². The highest BCUT2D eigenvalue weighted by atomic mass is 16.4. The molecule has 0 spiro atoms. The Morgan fingerprint density at radius 3 is 2.11 bits per heavy atom. The third-order valence-electron chi connectivity index (χ3n) is 8.88. The molecular formula is C36H49N3O5. The summed E-state index contributed by atoms with van der Waals surface area (Å²) in [5.74, 6) is -1.27. The van der Waals surface area contributed by atoms with E-state index < -0.39 is 18.1 Å². The zero-order valence-electron chi connectivity index (χ0n) is 27.2. The third-order valence-corrected chi connectivity index (χ3v) is 8.88. The normalized spacial score (nSPS) is 18.0. The fourth-order valence-electron chi connectivity index (χ4n) is 5.83. The number of likely N-dealkylation sites (tertiary alicyclic amines) is 1. The molecule has 2 N–H and O–H groups in total. The summed E-state index contributed by atoms with van der Waals surface area (Å²) in [5.41, 5.74) is 2.09. The quantitative estimate of drug-likeness (QED) is 0.236. The number of hydrogen-bond donors (Lipinski definition) is 2. The Morgan fingerprint density at radius 1 is 0.932 bits per heavy atom. The van der Waals surface area contributed by atoms with Gasteiger partial charge >= 0.3 is 5.97 Å². The van der Waals surface area contributed by atoms with E-state index in [-0.39, 0.29) is 47.6 Å². The lowest BCUT2D eigenvalue weighted by molar-refractivity contribution is -0.139. The second-order valence-corrected chi connectivity index (χ2v) is 12.7. The van der Waals surface area contributed by atoms with Gasteiger partial charge in [-0.1, -0.05) is 94.8 Å². The van der Waals surface area contributed by atoms with Crippen LogP contribution in [0.3, 0.4) is 0 Å². The Bertz CT molecular complexity index is 1320. The topological polar surface area (TPSA) is 107 Å². The van der Waals surface area contributed by atoms with Crippen LogP contribution in [0.2, 0.25) is 0 Å². The highest BCUT2D eigenvalue weighted by Crippen LogP contribution is 2.24. The zero-order chi connectivity index (χ0) is 32.6. The molecule has 1 saturated heterocycles. The van der Waals surface area contributed by atoms with Crippen LogP contribution >= 0.6 is 0 Å². The summed E-state index contributed by atoms with van der Waals surface area (Å²) < 4.78 is 0. The van der Waals surface area contributed by atoms with Gasteiger partial charge < -0.3 is 15.3 Å². The number of carboxylic acid groups (broad SMARTS) is 1. The van der Waals surface area contributed by atoms with Crippen molar-refractivity contribution in [2.75, 3.05) is 13.6 Å². The second-order valence-electron chi connectivity index (χ2n) is 12.7. The number of nitrogens with one attached hydrogen (secondary N) is 1. The van der Waals surface area contributed by atoms with Crippen molar-refractivity contribution < 1.29 is 24.3 Å². The summed E-state index contributed by atoms with van der Waals surface area (Å²) in [6.07, 6.45) is 4.54. The molecule has 2 unspecified atom stereocenters. The highest BCUT2D eigenvalue weighted by molar-refractivity contribution is 6.09. The van der Waals surface area contributed by atoms with Crippen LogP contribution in [0.5, 0.6) is 0 Å². The lowest BCUT2D eigenvalue weighted by Gasteiger charge is -2.41. The number of piperidine rings is 1. The lowest BCUT2D eigenvalue weighted by atomic mass is 9.94. The molecule has 0 saturated carbocycles. The van der Waals surface area contributed by atoms with Crippen molar-refractivity contribution >= 4 is 23.6 Å². The van der Waals surface area contributed by atoms with Crippen LogP contribution in [0.1, 0.15) is 82.3 Å². The van der Waals surface area contributed by atoms with E-state index in [0.717, 1.165) is 31.4 Å². The number of amides is 2. The van der Waals surface area contributed by atoms with Crippen LogP contribution in [0, 0.1) is 11.8 Å². The number of ketones is 1. The molecule has 1 fully saturated rings. The largest absolute Gasteiger partial charge is 0.478 e. The van der Waals surface area contributed by atoms with Gasteiger partial charge in [0.1, 0.15) is 6.04 Å². The highest BCUT2D eigenvalue weighted by Gasteiger charge is 2.36. The summed E-state index contributed by atoms with van der Waals surface area (Å²) in [6.45, 7) is 12.7. The predicted octanol–water partition coefficient (Wildman–Crippen LogP) is 5.36. The molecule has 2 aromatic carbocycles. The number of nitrogens with zero attached hydrogens (tertiary/aromatic N) is 2. The molecule has 0 aromatic heterocycles. The minimum atomic E-state index is -1.04. The van der Waals surface area contributed by atoms with Crippen molar-refractivity contribution in [2.24, 2.45) is 11.8 Å². The Labute approximate surface area is 262 Å². The number of carboxylic acids is 1. The molecule has 1 aliphatic rings. The average molecular weight is 604 g/mol. The summed E-state index contributed by atoms with van der Waals surface area (Å²) in [4.78, 5) is 56.3. The number of hydrogen-bond acceptors (Lipinski definition) is 5. The number of carbonyl (C=O) groups excluding carboxylic acids is 3. The van der Waals surface area contributed by atoms with Crippen molar-refractivity contribution in [3.63, 3.8) is 0 Å². The van der Waals surface area contributed by atoms with Gasteiger partial charge in [-0.2, -0.15) is 0 Å². The van der Waals surface area contributed by atoms with Crippen LogP contribution in [0.25, 0.3) is 0 Å². The molecule has 238 valence electrons. The van der Waals surface area contributed by atoms with Gasteiger partial charge in [-0.3, -0.25) is 19.3 Å². The third kappa shape index (κ3) is 8.88. The standard InChI is InChI=1S/C36H49N3O5/c1-23(2)26(6)39-20-12-11-15-31(39)34(41)37-30(35(42)38(7)32(24(3)4)21-25(5)36(43)44)22-27-16-18-29(19-17-27)33(40)28-13-9-8-10-14-28/h8-10,13-14,16-19,21,23-24,26,30-32H,11-12,15,20,22H2,1-7H3,(H,37,41)(H,43,44)/t26?,30-,31?,32+/m0/s1. The van der Waals surface area contributed by atoms with Crippen LogP contribution in [-0.4, -0.2) is 76.2 Å². The first kappa shape index (κ1) is 34.7. The van der Waals surface area contributed by atoms with Gasteiger partial charge in [-0.15, -0.1) is 0 Å². The Morgan fingerprint density at radius 2 is 1.55 bits per heavy atom. The smallest absolute Gasteiger partial charge is 0.331 e. The van der Waals surface area contributed by atoms with Gasteiger partial charge in [0, 0.05) is 36.2 Å². The number of carbonyl (C=O) groups is 4. The molecule has 3 rings (SSSR count). The van der Waals surface area contributed by atoms with Gasteiger partial charge in [-0.25, -0.2) is 4.79 Å². The van der Waals surface area contributed by atoms with E-state index in [1.165, 1.54) is 6.92 Å². The Balaban J connectivity index is 1.91. The van der Waals surface area contributed by atoms with E-state index in [1.54, 1.807) is 42.3 Å². The van der Waals surface area contributed by atoms with Crippen molar-refractivity contribution in [3.05, 3.63) is 82.9 Å². The Kier molecular flexibility index (Phi) is 12.5. The van der Waals surface area contributed by atoms with Gasteiger partial charge in [0.25, 0.3) is 0 Å². The van der Waals surface area contributed by atoms with E-state index >= 15 is 0 Å². The van der Waals surface area contributed by atoms with Gasteiger partial charge in [-0.05, 0) is 50.6 Å². The summed E-state index contributed by atoms with van der Waals surface area (Å²) in [6, 6.07) is 14.7. The van der Waals surface area contributed by atoms with Gasteiger partial charge in [0.15, 0.2) is 5.78 Å². The lowest BCUT2D eigenvalue weighted by Crippen LogP contribution is -2.58. The maximum atomic E-state index is 14.1. The maximum Gasteiger partial charge on any atom is 0.331 e. The summed E-state index contributed by atoms with van der Waals surface area (Å²) >= 11 is 0. The van der Waals surface area contributed by atoms with Crippen molar-refractivity contribution in [2.45, 2.75) is 91.4 Å². The number of likely N-dealkylation sites (N-methyl/N-ethyl adjacent to an activating group) is 1. The fraction of sp³-hybridized carbons (Fsp3) is 0.500. The number of rotatable bonds is 13. The molecule has 8 nitrogen and oxygen atoms in total. The number of aliphatic carboxylic acids is 1. The van der Waals surface area contributed by atoms with E-state index in [1.807, 2.05) is 44.2 Å². The molecule has 0 bridgehead atoms. The molecule has 8 heteroatoms. The first-order valence-electron chi connectivity index (χ1n) is 15.7. The van der Waals surface area contributed by atoms with E-state index in [2.05, 4.69) is 31.0 Å². The Hall–Kier alpha value is -3.78. The average Bonchev–Trinajstić information content (AvgIpc) is 3.02. The van der Waals surface area contributed by atoms with Gasteiger partial charge in [0.2, 0.25) is 11.8 Å². The molecule has 4 atom stereocenters. The monoisotopic (exact) mass is 603 g/mol. The van der Waals surface area contributed by atoms with Crippen LogP contribution in [0.15, 0.2) is 66.2 Å². The zero-order valence-corrected chi connectivity index (χ0v) is 27.2. The molecule has 0 radical (unpaired) electrons. The minimum Gasteiger partial charge on any atom is -0.478 e. The molecule has 0 aliphatic carbocycles. The fourth-order valence-corrected chi connectivity index (χ4v) is 5.83. The molecular weight excluding hydrogens is 554 g/mol. The SMILES string of the molecule is CC(=C[C@H](C(C)C)N(C)C(=O)[C@H](Cc1ccc(C(=O)c2ccccc2)cc1)NC(=O)C1CCCCN1C(C)C(C)C)C(=O)O. The second kappa shape index (κ2) is 15.8. The van der Waals surface area contributed by atoms with Crippen LogP contribution in [0.4, 0.5) is 0 Å². The van der Waals surface area contributed by atoms with E-state index in [9.17, 15) is 24.3 Å². The minimum absolute atomic E-state index is 0.0568. The number of benzene rings is 2. The van der Waals surface area contributed by atoms with E-state index in [4.69, 9.17) is 0 Å². The summed E-state index contributed by atoms with van der Waals surface area (Å²) in [7, 11) is 1.66. The van der Waals surface area contributed by atoms with Crippen molar-refractivity contribution in [3.8, 4) is 0 Å². The van der Waals surface area contributed by atoms with Crippen molar-refractivity contribution in [1.82, 2.24) is 15.1 Å². The molecule has 44 heavy (non-hydrogen) atoms. The molecule has 1 heterocycles. The van der Waals surface area contributed by atoms with Crippen molar-refractivity contribution in [1.29, 1.82) is 0 Å². The van der Waals surface area contributed by atoms with Crippen LogP contribution in [-0.2, 0) is 20.8 Å². The molecule has 1 aliphatic heterocycles. The maximum absolute atomic E-state index is 14.1. The van der Waals surface area contributed by atoms with Gasteiger partial charge in [0.05, 0.1) is 12.1 Å². The first-order valence-corrected chi connectivity index (χ1v) is 15.7.